The van der Waals surface area contributed by atoms with Gasteiger partial charge in [0.25, 0.3) is 0 Å². The average molecular weight is 235 g/mol. The summed E-state index contributed by atoms with van der Waals surface area (Å²) in [5.74, 6) is 0. The van der Waals surface area contributed by atoms with Crippen molar-refractivity contribution in [3.05, 3.63) is 0 Å². The van der Waals surface area contributed by atoms with Gasteiger partial charge in [0.05, 0.1) is 0 Å². The third-order valence-corrected chi connectivity index (χ3v) is 3.53. The standard InChI is InChI=1S/C8H17N3O3S/c1-7(2)9-8(12)10-15(13,14)11-5-3-4-6-11/h7H,3-6H2,1-2H3,(H2,9,10,12). The number of amides is 2. The van der Waals surface area contributed by atoms with Gasteiger partial charge in [-0.05, 0) is 26.7 Å². The summed E-state index contributed by atoms with van der Waals surface area (Å²) in [5.41, 5.74) is 0. The van der Waals surface area contributed by atoms with Crippen LogP contribution in [0.4, 0.5) is 4.79 Å². The Morgan fingerprint density at radius 2 is 1.80 bits per heavy atom. The largest absolute Gasteiger partial charge is 0.335 e. The summed E-state index contributed by atoms with van der Waals surface area (Å²) < 4.78 is 26.4. The molecule has 0 bridgehead atoms. The van der Waals surface area contributed by atoms with Crippen LogP contribution in [0.2, 0.25) is 0 Å². The van der Waals surface area contributed by atoms with Gasteiger partial charge >= 0.3 is 16.2 Å². The highest BCUT2D eigenvalue weighted by Crippen LogP contribution is 2.10. The fourth-order valence-corrected chi connectivity index (χ4v) is 2.56. The van der Waals surface area contributed by atoms with Crippen LogP contribution in [-0.4, -0.2) is 37.9 Å². The molecule has 1 fully saturated rings. The van der Waals surface area contributed by atoms with E-state index in [4.69, 9.17) is 0 Å². The quantitative estimate of drug-likeness (QED) is 0.724. The van der Waals surface area contributed by atoms with Gasteiger partial charge in [0.1, 0.15) is 0 Å². The van der Waals surface area contributed by atoms with Crippen LogP contribution in [0, 0.1) is 0 Å². The molecule has 1 aliphatic rings. The van der Waals surface area contributed by atoms with Crippen molar-refractivity contribution in [2.24, 2.45) is 0 Å². The fraction of sp³-hybridized carbons (Fsp3) is 0.875. The molecule has 2 amide bonds. The van der Waals surface area contributed by atoms with Gasteiger partial charge in [-0.2, -0.15) is 12.7 Å². The topological polar surface area (TPSA) is 78.5 Å². The Morgan fingerprint density at radius 1 is 1.27 bits per heavy atom. The van der Waals surface area contributed by atoms with Crippen LogP contribution in [0.15, 0.2) is 0 Å². The van der Waals surface area contributed by atoms with Crippen LogP contribution in [0.1, 0.15) is 26.7 Å². The predicted molar refractivity (Wildman–Crippen MR) is 56.5 cm³/mol. The Labute approximate surface area is 90.2 Å². The van der Waals surface area contributed by atoms with Crippen molar-refractivity contribution >= 4 is 16.2 Å². The zero-order valence-electron chi connectivity index (χ0n) is 8.99. The molecule has 0 radical (unpaired) electrons. The molecule has 0 aliphatic carbocycles. The summed E-state index contributed by atoms with van der Waals surface area (Å²) in [6.45, 7) is 4.51. The Hall–Kier alpha value is -0.820. The molecule has 7 heteroatoms. The maximum absolute atomic E-state index is 11.6. The fourth-order valence-electron chi connectivity index (χ4n) is 1.40. The molecular formula is C8H17N3O3S. The minimum Gasteiger partial charge on any atom is -0.335 e. The lowest BCUT2D eigenvalue weighted by atomic mass is 10.4. The van der Waals surface area contributed by atoms with Gasteiger partial charge in [-0.25, -0.2) is 9.52 Å². The number of nitrogens with one attached hydrogen (secondary N) is 2. The van der Waals surface area contributed by atoms with Crippen LogP contribution in [0.3, 0.4) is 0 Å². The lowest BCUT2D eigenvalue weighted by Crippen LogP contribution is -2.47. The molecule has 1 aliphatic heterocycles. The molecule has 0 spiro atoms. The highest BCUT2D eigenvalue weighted by molar-refractivity contribution is 7.87. The van der Waals surface area contributed by atoms with Crippen molar-refractivity contribution in [2.45, 2.75) is 32.7 Å². The Kier molecular flexibility index (Phi) is 3.92. The smallest absolute Gasteiger partial charge is 0.329 e. The minimum atomic E-state index is -3.63. The molecular weight excluding hydrogens is 218 g/mol. The molecule has 15 heavy (non-hydrogen) atoms. The first-order valence-corrected chi connectivity index (χ1v) is 6.44. The van der Waals surface area contributed by atoms with E-state index in [1.54, 1.807) is 13.8 Å². The highest BCUT2D eigenvalue weighted by Gasteiger charge is 2.26. The highest BCUT2D eigenvalue weighted by atomic mass is 32.2. The van der Waals surface area contributed by atoms with Crippen molar-refractivity contribution < 1.29 is 13.2 Å². The molecule has 0 aromatic heterocycles. The molecule has 2 N–H and O–H groups in total. The van der Waals surface area contributed by atoms with Gasteiger partial charge in [0, 0.05) is 19.1 Å². The zero-order chi connectivity index (χ0) is 11.5. The number of carbonyl (C=O) groups excluding carboxylic acids is 1. The molecule has 0 saturated carbocycles. The maximum atomic E-state index is 11.6. The van der Waals surface area contributed by atoms with E-state index in [2.05, 4.69) is 5.32 Å². The number of hydrogen-bond acceptors (Lipinski definition) is 3. The second-order valence-corrected chi connectivity index (χ2v) is 5.51. The third kappa shape index (κ3) is 3.67. The Morgan fingerprint density at radius 3 is 2.27 bits per heavy atom. The first kappa shape index (κ1) is 12.3. The second-order valence-electron chi connectivity index (χ2n) is 3.84. The molecule has 1 heterocycles. The number of carbonyl (C=O) groups is 1. The molecule has 6 nitrogen and oxygen atoms in total. The van der Waals surface area contributed by atoms with E-state index < -0.39 is 16.2 Å². The van der Waals surface area contributed by atoms with Crippen molar-refractivity contribution in [1.29, 1.82) is 0 Å². The zero-order valence-corrected chi connectivity index (χ0v) is 9.80. The van der Waals surface area contributed by atoms with Crippen LogP contribution >= 0.6 is 0 Å². The lowest BCUT2D eigenvalue weighted by Gasteiger charge is -2.17. The molecule has 0 unspecified atom stereocenters. The molecule has 88 valence electrons. The first-order valence-electron chi connectivity index (χ1n) is 5.00. The van der Waals surface area contributed by atoms with Gasteiger partial charge in [-0.1, -0.05) is 0 Å². The third-order valence-electron chi connectivity index (χ3n) is 2.05. The summed E-state index contributed by atoms with van der Waals surface area (Å²) >= 11 is 0. The number of urea groups is 1. The van der Waals surface area contributed by atoms with E-state index in [9.17, 15) is 13.2 Å². The van der Waals surface area contributed by atoms with Crippen molar-refractivity contribution in [1.82, 2.24) is 14.3 Å². The van der Waals surface area contributed by atoms with E-state index in [1.165, 1.54) is 4.31 Å². The summed E-state index contributed by atoms with van der Waals surface area (Å²) in [6.07, 6.45) is 1.71. The van der Waals surface area contributed by atoms with Crippen molar-refractivity contribution in [3.8, 4) is 0 Å². The normalized spacial score (nSPS) is 18.1. The van der Waals surface area contributed by atoms with E-state index in [1.807, 2.05) is 4.72 Å². The Balaban J connectivity index is 2.52. The monoisotopic (exact) mass is 235 g/mol. The van der Waals surface area contributed by atoms with Crippen LogP contribution in [0.25, 0.3) is 0 Å². The number of nitrogens with zero attached hydrogens (tertiary/aromatic N) is 1. The van der Waals surface area contributed by atoms with E-state index >= 15 is 0 Å². The Bertz CT molecular complexity index is 320. The summed E-state index contributed by atoms with van der Waals surface area (Å²) in [6, 6.07) is -0.754. The first-order chi connectivity index (χ1) is 6.92. The molecule has 0 aromatic carbocycles. The van der Waals surface area contributed by atoms with Gasteiger partial charge in [-0.3, -0.25) is 0 Å². The molecule has 1 saturated heterocycles. The van der Waals surface area contributed by atoms with Crippen molar-refractivity contribution in [2.75, 3.05) is 13.1 Å². The maximum Gasteiger partial charge on any atom is 0.329 e. The van der Waals surface area contributed by atoms with Gasteiger partial charge < -0.3 is 5.32 Å². The van der Waals surface area contributed by atoms with Crippen LogP contribution < -0.4 is 10.0 Å². The van der Waals surface area contributed by atoms with Gasteiger partial charge in [-0.15, -0.1) is 0 Å². The average Bonchev–Trinajstić information content (AvgIpc) is 2.51. The molecule has 0 aromatic rings. The van der Waals surface area contributed by atoms with Crippen molar-refractivity contribution in [3.63, 3.8) is 0 Å². The lowest BCUT2D eigenvalue weighted by molar-refractivity contribution is 0.243. The van der Waals surface area contributed by atoms with E-state index in [-0.39, 0.29) is 6.04 Å². The SMILES string of the molecule is CC(C)NC(=O)NS(=O)(=O)N1CCCC1. The van der Waals surface area contributed by atoms with Gasteiger partial charge in [0.2, 0.25) is 0 Å². The molecule has 0 atom stereocenters. The predicted octanol–water partition coefficient (Wildman–Crippen LogP) is 0.0346. The van der Waals surface area contributed by atoms with Gasteiger partial charge in [0.15, 0.2) is 0 Å². The summed E-state index contributed by atoms with van der Waals surface area (Å²) in [4.78, 5) is 11.2. The summed E-state index contributed by atoms with van der Waals surface area (Å²) in [7, 11) is -3.63. The van der Waals surface area contributed by atoms with Crippen LogP contribution in [0.5, 0.6) is 0 Å². The van der Waals surface area contributed by atoms with Crippen LogP contribution in [-0.2, 0) is 10.2 Å². The number of hydrogen-bond donors (Lipinski definition) is 2. The van der Waals surface area contributed by atoms with E-state index in [0.29, 0.717) is 13.1 Å². The van der Waals surface area contributed by atoms with E-state index in [0.717, 1.165) is 12.8 Å². The minimum absolute atomic E-state index is 0.0845. The second kappa shape index (κ2) is 4.80. The molecule has 1 rings (SSSR count). The summed E-state index contributed by atoms with van der Waals surface area (Å²) in [5, 5.41) is 2.47. The number of rotatable bonds is 3.